The highest BCUT2D eigenvalue weighted by atomic mass is 32.2. The monoisotopic (exact) mass is 422 g/mol. The second-order valence-electron chi connectivity index (χ2n) is 6.24. The minimum atomic E-state index is -3.54. The van der Waals surface area contributed by atoms with Crippen LogP contribution in [-0.2, 0) is 21.2 Å². The summed E-state index contributed by atoms with van der Waals surface area (Å²) in [4.78, 5) is 27.2. The van der Waals surface area contributed by atoms with Gasteiger partial charge in [0.2, 0.25) is 10.0 Å². The SMILES string of the molecule is CCN(CC)S(=O)(=O)c1ccc2c(c1)CCN2C(=O)c1ccc(C(=O)OC)s1. The lowest BCUT2D eigenvalue weighted by atomic mass is 10.2. The molecule has 0 unspecified atom stereocenters. The molecule has 28 heavy (non-hydrogen) atoms. The standard InChI is InChI=1S/C19H22N2O5S2/c1-4-20(5-2)28(24,25)14-6-7-15-13(12-14)10-11-21(15)18(22)16-8-9-17(27-16)19(23)26-3/h6-9,12H,4-5,10-11H2,1-3H3. The molecule has 0 radical (unpaired) electrons. The number of esters is 1. The van der Waals surface area contributed by atoms with Gasteiger partial charge in [-0.3, -0.25) is 4.79 Å². The summed E-state index contributed by atoms with van der Waals surface area (Å²) in [5.41, 5.74) is 1.53. The van der Waals surface area contributed by atoms with Crippen molar-refractivity contribution in [1.82, 2.24) is 4.31 Å². The Kier molecular flexibility index (Phi) is 5.87. The Morgan fingerprint density at radius 1 is 1.14 bits per heavy atom. The van der Waals surface area contributed by atoms with Gasteiger partial charge in [0.05, 0.1) is 16.9 Å². The van der Waals surface area contributed by atoms with E-state index in [1.54, 1.807) is 49.1 Å². The van der Waals surface area contributed by atoms with E-state index in [1.807, 2.05) is 0 Å². The van der Waals surface area contributed by atoms with Crippen LogP contribution in [0.5, 0.6) is 0 Å². The van der Waals surface area contributed by atoms with Gasteiger partial charge < -0.3 is 9.64 Å². The summed E-state index contributed by atoms with van der Waals surface area (Å²) in [6.07, 6.45) is 0.581. The van der Waals surface area contributed by atoms with Gasteiger partial charge in [0.15, 0.2) is 0 Å². The van der Waals surface area contributed by atoms with Crippen molar-refractivity contribution >= 4 is 38.9 Å². The number of carbonyl (C=O) groups is 2. The number of ether oxygens (including phenoxy) is 1. The third-order valence-corrected chi connectivity index (χ3v) is 7.84. The summed E-state index contributed by atoms with van der Waals surface area (Å²) in [5.74, 6) is -0.685. The van der Waals surface area contributed by atoms with Crippen LogP contribution in [0.2, 0.25) is 0 Å². The molecule has 0 aliphatic carbocycles. The molecule has 1 aromatic heterocycles. The number of benzene rings is 1. The van der Waals surface area contributed by atoms with Gasteiger partial charge in [-0.1, -0.05) is 13.8 Å². The van der Waals surface area contributed by atoms with Crippen molar-refractivity contribution in [3.8, 4) is 0 Å². The van der Waals surface area contributed by atoms with E-state index in [9.17, 15) is 18.0 Å². The van der Waals surface area contributed by atoms with E-state index in [0.717, 1.165) is 16.9 Å². The molecular weight excluding hydrogens is 400 g/mol. The summed E-state index contributed by atoms with van der Waals surface area (Å²) in [6, 6.07) is 8.07. The fourth-order valence-electron chi connectivity index (χ4n) is 3.26. The van der Waals surface area contributed by atoms with Gasteiger partial charge >= 0.3 is 5.97 Å². The number of sulfonamides is 1. The molecule has 3 rings (SSSR count). The zero-order valence-corrected chi connectivity index (χ0v) is 17.6. The number of rotatable bonds is 6. The predicted octanol–water partition coefficient (Wildman–Crippen LogP) is 2.77. The van der Waals surface area contributed by atoms with E-state index in [4.69, 9.17) is 0 Å². The third-order valence-electron chi connectivity index (χ3n) is 4.74. The molecule has 150 valence electrons. The van der Waals surface area contributed by atoms with Crippen molar-refractivity contribution in [2.24, 2.45) is 0 Å². The Balaban J connectivity index is 1.88. The number of hydrogen-bond donors (Lipinski definition) is 0. The predicted molar refractivity (Wildman–Crippen MR) is 108 cm³/mol. The normalized spacial score (nSPS) is 13.6. The number of methoxy groups -OCH3 is 1. The Morgan fingerprint density at radius 2 is 1.82 bits per heavy atom. The van der Waals surface area contributed by atoms with Gasteiger partial charge in [-0.25, -0.2) is 13.2 Å². The molecule has 1 aliphatic rings. The van der Waals surface area contributed by atoms with E-state index in [1.165, 1.54) is 11.4 Å². The average molecular weight is 423 g/mol. The highest BCUT2D eigenvalue weighted by molar-refractivity contribution is 7.89. The molecule has 0 spiro atoms. The molecule has 2 aromatic rings. The summed E-state index contributed by atoms with van der Waals surface area (Å²) in [7, 11) is -2.25. The van der Waals surface area contributed by atoms with Crippen LogP contribution < -0.4 is 4.90 Å². The molecule has 1 amide bonds. The first-order valence-electron chi connectivity index (χ1n) is 8.96. The third kappa shape index (κ3) is 3.57. The zero-order valence-electron chi connectivity index (χ0n) is 16.0. The van der Waals surface area contributed by atoms with Gasteiger partial charge in [-0.2, -0.15) is 4.31 Å². The Labute approximate surface area is 168 Å². The molecular formula is C19H22N2O5S2. The van der Waals surface area contributed by atoms with Crippen LogP contribution in [0.4, 0.5) is 5.69 Å². The van der Waals surface area contributed by atoms with Crippen molar-refractivity contribution in [3.63, 3.8) is 0 Å². The summed E-state index contributed by atoms with van der Waals surface area (Å²) >= 11 is 1.08. The molecule has 0 saturated heterocycles. The number of anilines is 1. The maximum atomic E-state index is 12.9. The number of carbonyl (C=O) groups excluding carboxylic acids is 2. The fourth-order valence-corrected chi connectivity index (χ4v) is 5.64. The number of amides is 1. The molecule has 9 heteroatoms. The van der Waals surface area contributed by atoms with E-state index >= 15 is 0 Å². The van der Waals surface area contributed by atoms with E-state index in [2.05, 4.69) is 4.74 Å². The quantitative estimate of drug-likeness (QED) is 0.669. The highest BCUT2D eigenvalue weighted by Gasteiger charge is 2.29. The zero-order chi connectivity index (χ0) is 20.5. The van der Waals surface area contributed by atoms with Crippen molar-refractivity contribution in [2.45, 2.75) is 25.2 Å². The van der Waals surface area contributed by atoms with Gasteiger partial charge in [-0.15, -0.1) is 11.3 Å². The fraction of sp³-hybridized carbons (Fsp3) is 0.368. The Morgan fingerprint density at radius 3 is 2.46 bits per heavy atom. The molecule has 2 heterocycles. The van der Waals surface area contributed by atoms with E-state index in [0.29, 0.717) is 41.5 Å². The van der Waals surface area contributed by atoms with Gasteiger partial charge in [0.1, 0.15) is 4.88 Å². The van der Waals surface area contributed by atoms with Crippen LogP contribution in [0, 0.1) is 0 Å². The minimum Gasteiger partial charge on any atom is -0.465 e. The molecule has 1 aromatic carbocycles. The molecule has 0 N–H and O–H groups in total. The maximum Gasteiger partial charge on any atom is 0.348 e. The van der Waals surface area contributed by atoms with Crippen LogP contribution in [-0.4, -0.2) is 51.3 Å². The second kappa shape index (κ2) is 8.02. The topological polar surface area (TPSA) is 84.0 Å². The first-order valence-corrected chi connectivity index (χ1v) is 11.2. The number of nitrogens with zero attached hydrogens (tertiary/aromatic N) is 2. The lowest BCUT2D eigenvalue weighted by Crippen LogP contribution is -2.30. The number of hydrogen-bond acceptors (Lipinski definition) is 6. The van der Waals surface area contributed by atoms with Crippen molar-refractivity contribution in [1.29, 1.82) is 0 Å². The number of fused-ring (bicyclic) bond motifs is 1. The summed E-state index contributed by atoms with van der Waals surface area (Å²) in [6.45, 7) is 4.88. The first-order chi connectivity index (χ1) is 13.3. The van der Waals surface area contributed by atoms with Crippen LogP contribution in [0.1, 0.15) is 38.8 Å². The molecule has 1 aliphatic heterocycles. The minimum absolute atomic E-state index is 0.210. The maximum absolute atomic E-state index is 12.9. The molecule has 0 bridgehead atoms. The van der Waals surface area contributed by atoms with Gasteiger partial charge in [-0.05, 0) is 42.3 Å². The number of thiophene rings is 1. The van der Waals surface area contributed by atoms with Gasteiger partial charge in [0, 0.05) is 25.3 Å². The Hall–Kier alpha value is -2.23. The van der Waals surface area contributed by atoms with Crippen LogP contribution in [0.3, 0.4) is 0 Å². The largest absolute Gasteiger partial charge is 0.465 e. The van der Waals surface area contributed by atoms with E-state index < -0.39 is 16.0 Å². The lowest BCUT2D eigenvalue weighted by molar-refractivity contribution is 0.0606. The van der Waals surface area contributed by atoms with Crippen molar-refractivity contribution < 1.29 is 22.7 Å². The highest BCUT2D eigenvalue weighted by Crippen LogP contribution is 2.33. The van der Waals surface area contributed by atoms with Gasteiger partial charge in [0.25, 0.3) is 5.91 Å². The molecule has 7 nitrogen and oxygen atoms in total. The second-order valence-corrected chi connectivity index (χ2v) is 9.26. The lowest BCUT2D eigenvalue weighted by Gasteiger charge is -2.20. The molecule has 0 saturated carbocycles. The van der Waals surface area contributed by atoms with Crippen LogP contribution >= 0.6 is 11.3 Å². The molecule has 0 atom stereocenters. The molecule has 0 fully saturated rings. The van der Waals surface area contributed by atoms with Crippen LogP contribution in [0.15, 0.2) is 35.2 Å². The summed E-state index contributed by atoms with van der Waals surface area (Å²) in [5, 5.41) is 0. The smallest absolute Gasteiger partial charge is 0.348 e. The van der Waals surface area contributed by atoms with Crippen LogP contribution in [0.25, 0.3) is 0 Å². The Bertz CT molecular complexity index is 1010. The van der Waals surface area contributed by atoms with E-state index in [-0.39, 0.29) is 10.8 Å². The first kappa shape index (κ1) is 20.5. The average Bonchev–Trinajstić information content (AvgIpc) is 3.34. The van der Waals surface area contributed by atoms with Crippen molar-refractivity contribution in [2.75, 3.05) is 31.6 Å². The van der Waals surface area contributed by atoms with Crippen molar-refractivity contribution in [3.05, 3.63) is 45.6 Å². The summed E-state index contributed by atoms with van der Waals surface area (Å²) < 4.78 is 31.5.